The van der Waals surface area contributed by atoms with Crippen molar-refractivity contribution in [2.45, 2.75) is 76.3 Å². The van der Waals surface area contributed by atoms with E-state index in [9.17, 15) is 24.4 Å². The molecule has 1 atom stereocenters. The number of anilines is 1. The molecule has 5 heterocycles. The normalized spacial score (nSPS) is 21.1. The lowest BCUT2D eigenvalue weighted by atomic mass is 9.83. The second-order valence-electron chi connectivity index (χ2n) is 15.3. The van der Waals surface area contributed by atoms with Crippen molar-refractivity contribution in [2.75, 3.05) is 32.1 Å². The molecule has 14 heteroatoms. The maximum absolute atomic E-state index is 13.5. The number of hydrogen-bond donors (Lipinski definition) is 2. The van der Waals surface area contributed by atoms with Gasteiger partial charge in [0.15, 0.2) is 0 Å². The molecule has 8 rings (SSSR count). The topological polar surface area (TPSA) is 169 Å². The lowest BCUT2D eigenvalue weighted by Gasteiger charge is -2.37. The maximum Gasteiger partial charge on any atom is 0.329 e. The Balaban J connectivity index is 0.891. The van der Waals surface area contributed by atoms with E-state index in [0.717, 1.165) is 85.7 Å². The molecule has 3 aromatic heterocycles. The summed E-state index contributed by atoms with van der Waals surface area (Å²) in [6.45, 7) is 5.17. The van der Waals surface area contributed by atoms with Gasteiger partial charge in [-0.05, 0) is 106 Å². The summed E-state index contributed by atoms with van der Waals surface area (Å²) in [6.07, 6.45) is 11.8. The number of piperidine rings is 2. The molecule has 0 radical (unpaired) electrons. The Kier molecular flexibility index (Phi) is 9.73. The van der Waals surface area contributed by atoms with Gasteiger partial charge in [-0.25, -0.2) is 4.79 Å². The lowest BCUT2D eigenvalue weighted by Crippen LogP contribution is -2.44. The summed E-state index contributed by atoms with van der Waals surface area (Å²) in [5.41, 5.74) is 5.72. The summed E-state index contributed by atoms with van der Waals surface area (Å²) in [5.74, 6) is 0.348. The zero-order chi connectivity index (χ0) is 38.4. The summed E-state index contributed by atoms with van der Waals surface area (Å²) < 4.78 is 10.9. The van der Waals surface area contributed by atoms with E-state index in [1.807, 2.05) is 24.3 Å². The van der Waals surface area contributed by atoms with Crippen molar-refractivity contribution in [3.8, 4) is 11.8 Å². The number of imidazole rings is 1. The Morgan fingerprint density at radius 2 is 1.82 bits per heavy atom. The third-order valence-corrected chi connectivity index (χ3v) is 11.9. The van der Waals surface area contributed by atoms with Crippen molar-refractivity contribution in [3.05, 3.63) is 81.7 Å². The number of ether oxygens (including phenoxy) is 1. The highest BCUT2D eigenvalue weighted by Gasteiger charge is 2.34. The molecule has 0 spiro atoms. The molecule has 2 saturated heterocycles. The number of aryl methyl sites for hydroxylation is 2. The molecule has 2 aliphatic heterocycles. The summed E-state index contributed by atoms with van der Waals surface area (Å²) in [5, 5.41) is 20.3. The van der Waals surface area contributed by atoms with Crippen LogP contribution in [0.5, 0.6) is 5.75 Å². The van der Waals surface area contributed by atoms with Crippen molar-refractivity contribution in [1.29, 1.82) is 5.26 Å². The van der Waals surface area contributed by atoms with E-state index in [1.165, 1.54) is 24.0 Å². The molecule has 3 fully saturated rings. The molecule has 284 valence electrons. The van der Waals surface area contributed by atoms with Crippen LogP contribution in [0.2, 0.25) is 0 Å². The SMILES string of the molecule is COc1cc2nn(C3CCC(CN4CCC(c5c(C)ccc6c5n(C)c(=O)n6C5CCC(=O)NC5=O)CC4)CC3)cc2cc1NC(=O)c1cncc(C#N)c1. The van der Waals surface area contributed by atoms with Crippen LogP contribution in [0.4, 0.5) is 5.69 Å². The van der Waals surface area contributed by atoms with Crippen LogP contribution in [0, 0.1) is 24.2 Å². The number of pyridine rings is 1. The molecule has 14 nitrogen and oxygen atoms in total. The number of nitrogens with one attached hydrogen (secondary N) is 2. The smallest absolute Gasteiger partial charge is 0.329 e. The van der Waals surface area contributed by atoms with E-state index < -0.39 is 11.9 Å². The van der Waals surface area contributed by atoms with Gasteiger partial charge in [0.25, 0.3) is 5.91 Å². The number of hydrogen-bond acceptors (Lipinski definition) is 9. The van der Waals surface area contributed by atoms with Crippen molar-refractivity contribution >= 4 is 45.3 Å². The maximum atomic E-state index is 13.5. The van der Waals surface area contributed by atoms with E-state index in [4.69, 9.17) is 9.84 Å². The second kappa shape index (κ2) is 14.8. The van der Waals surface area contributed by atoms with Gasteiger partial charge in [-0.3, -0.25) is 38.5 Å². The number of imide groups is 1. The number of likely N-dealkylation sites (tertiary alicyclic amines) is 1. The lowest BCUT2D eigenvalue weighted by molar-refractivity contribution is -0.135. The number of amides is 3. The Morgan fingerprint density at radius 3 is 2.55 bits per heavy atom. The fourth-order valence-electron chi connectivity index (χ4n) is 9.06. The van der Waals surface area contributed by atoms with E-state index in [2.05, 4.69) is 44.4 Å². The van der Waals surface area contributed by atoms with E-state index >= 15 is 0 Å². The van der Waals surface area contributed by atoms with Crippen molar-refractivity contribution in [3.63, 3.8) is 0 Å². The number of methoxy groups -OCH3 is 1. The third kappa shape index (κ3) is 6.89. The van der Waals surface area contributed by atoms with Gasteiger partial charge in [0.05, 0.1) is 46.5 Å². The molecule has 2 N–H and O–H groups in total. The first kappa shape index (κ1) is 36.2. The first-order valence-corrected chi connectivity index (χ1v) is 19.1. The largest absolute Gasteiger partial charge is 0.494 e. The minimum absolute atomic E-state index is 0.221. The molecule has 3 amide bonds. The number of nitriles is 1. The Hall–Kier alpha value is -5.81. The van der Waals surface area contributed by atoms with Gasteiger partial charge in [0.1, 0.15) is 17.9 Å². The number of benzene rings is 2. The fraction of sp³-hybridized carbons (Fsp3) is 0.439. The predicted molar refractivity (Wildman–Crippen MR) is 206 cm³/mol. The van der Waals surface area contributed by atoms with E-state index in [0.29, 0.717) is 41.3 Å². The van der Waals surface area contributed by atoms with Crippen LogP contribution in [-0.4, -0.2) is 73.3 Å². The van der Waals surface area contributed by atoms with Crippen LogP contribution < -0.4 is 21.1 Å². The van der Waals surface area contributed by atoms with Crippen LogP contribution in [0.25, 0.3) is 21.9 Å². The van der Waals surface area contributed by atoms with Crippen LogP contribution in [0.3, 0.4) is 0 Å². The van der Waals surface area contributed by atoms with Gasteiger partial charge < -0.3 is 15.0 Å². The van der Waals surface area contributed by atoms with Crippen LogP contribution in [-0.2, 0) is 16.6 Å². The Bertz CT molecular complexity index is 2420. The first-order valence-electron chi connectivity index (χ1n) is 19.1. The molecule has 0 bridgehead atoms. The van der Waals surface area contributed by atoms with Gasteiger partial charge in [0, 0.05) is 50.1 Å². The van der Waals surface area contributed by atoms with Gasteiger partial charge in [-0.1, -0.05) is 6.07 Å². The zero-order valence-corrected chi connectivity index (χ0v) is 31.4. The molecule has 3 aliphatic rings. The highest BCUT2D eigenvalue weighted by Crippen LogP contribution is 2.39. The molecule has 2 aromatic carbocycles. The second-order valence-corrected chi connectivity index (χ2v) is 15.3. The van der Waals surface area contributed by atoms with E-state index in [1.54, 1.807) is 23.3 Å². The number of fused-ring (bicyclic) bond motifs is 2. The van der Waals surface area contributed by atoms with Gasteiger partial charge >= 0.3 is 5.69 Å². The molecule has 1 saturated carbocycles. The van der Waals surface area contributed by atoms with E-state index in [-0.39, 0.29) is 29.5 Å². The highest BCUT2D eigenvalue weighted by atomic mass is 16.5. The zero-order valence-electron chi connectivity index (χ0n) is 31.4. The Labute approximate surface area is 318 Å². The molecule has 1 aliphatic carbocycles. The minimum atomic E-state index is -0.691. The van der Waals surface area contributed by atoms with Crippen molar-refractivity contribution in [2.24, 2.45) is 13.0 Å². The average Bonchev–Trinajstić information content (AvgIpc) is 3.72. The molecular weight excluding hydrogens is 699 g/mol. The van der Waals surface area contributed by atoms with Gasteiger partial charge in [-0.15, -0.1) is 0 Å². The standard InChI is InChI=1S/C41H45N9O5/c1-24-4-9-33-38(47(2)41(54)50(33)34-10-11-36(51)45-40(34)53)37(24)27-12-14-48(15-13-27)22-25-5-7-30(8-6-25)49-23-29-17-32(35(55-3)18-31(29)46-49)44-39(52)28-16-26(19-42)20-43-21-28/h4,9,16-18,20-21,23,25,27,30,34H,5-8,10-15,22H2,1-3H3,(H,44,52)(H,45,51,53). The monoisotopic (exact) mass is 743 g/mol. The Morgan fingerprint density at radius 1 is 1.04 bits per heavy atom. The number of rotatable bonds is 8. The van der Waals surface area contributed by atoms with Gasteiger partial charge in [0.2, 0.25) is 11.8 Å². The number of nitrogens with zero attached hydrogens (tertiary/aromatic N) is 7. The van der Waals surface area contributed by atoms with Crippen LogP contribution >= 0.6 is 0 Å². The minimum Gasteiger partial charge on any atom is -0.494 e. The number of carbonyl (C=O) groups excluding carboxylic acids is 3. The summed E-state index contributed by atoms with van der Waals surface area (Å²) in [6, 6.07) is 10.9. The summed E-state index contributed by atoms with van der Waals surface area (Å²) >= 11 is 0. The molecule has 5 aromatic rings. The summed E-state index contributed by atoms with van der Waals surface area (Å²) in [7, 11) is 3.35. The predicted octanol–water partition coefficient (Wildman–Crippen LogP) is 5.11. The van der Waals surface area contributed by atoms with Crippen molar-refractivity contribution < 1.29 is 19.1 Å². The van der Waals surface area contributed by atoms with Gasteiger partial charge in [-0.2, -0.15) is 10.4 Å². The third-order valence-electron chi connectivity index (χ3n) is 11.9. The first-order chi connectivity index (χ1) is 26.6. The molecule has 55 heavy (non-hydrogen) atoms. The molecular formula is C41H45N9O5. The average molecular weight is 744 g/mol. The quantitative estimate of drug-likeness (QED) is 0.205. The van der Waals surface area contributed by atoms with Crippen molar-refractivity contribution in [1.82, 2.24) is 34.1 Å². The summed E-state index contributed by atoms with van der Waals surface area (Å²) in [4.78, 5) is 57.7. The molecule has 1 unspecified atom stereocenters. The number of aromatic nitrogens is 5. The highest BCUT2D eigenvalue weighted by molar-refractivity contribution is 6.06. The number of carbonyl (C=O) groups is 3. The fourth-order valence-corrected chi connectivity index (χ4v) is 9.06. The van der Waals surface area contributed by atoms with Crippen LogP contribution in [0.1, 0.15) is 96.4 Å². The van der Waals surface area contributed by atoms with Crippen LogP contribution in [0.15, 0.2) is 53.7 Å².